The molecule has 2 saturated heterocycles. The number of amides is 2. The summed E-state index contributed by atoms with van der Waals surface area (Å²) in [6.45, 7) is 2.57. The van der Waals surface area contributed by atoms with Gasteiger partial charge in [0.2, 0.25) is 5.91 Å². The molecule has 0 bridgehead atoms. The normalized spacial score (nSPS) is 35.7. The Labute approximate surface area is 150 Å². The van der Waals surface area contributed by atoms with Gasteiger partial charge in [0.15, 0.2) is 0 Å². The van der Waals surface area contributed by atoms with E-state index >= 15 is 0 Å². The van der Waals surface area contributed by atoms with Crippen molar-refractivity contribution >= 4 is 19.6 Å². The fourth-order valence-corrected chi connectivity index (χ4v) is 4.36. The molecule has 3 rings (SSSR count). The van der Waals surface area contributed by atoms with Crippen LogP contribution in [0, 0.1) is 5.92 Å². The maximum Gasteiger partial charge on any atom is 0.405 e. The van der Waals surface area contributed by atoms with Gasteiger partial charge >= 0.3 is 7.75 Å². The van der Waals surface area contributed by atoms with E-state index in [4.69, 9.17) is 14.0 Å². The van der Waals surface area contributed by atoms with Gasteiger partial charge in [-0.1, -0.05) is 6.08 Å². The molecule has 2 amide bonds. The van der Waals surface area contributed by atoms with Crippen LogP contribution in [-0.2, 0) is 28.2 Å². The van der Waals surface area contributed by atoms with Gasteiger partial charge in [-0.25, -0.2) is 9.24 Å². The van der Waals surface area contributed by atoms with Crippen molar-refractivity contribution in [3.05, 3.63) is 11.6 Å². The Bertz CT molecular complexity index is 648. The number of hydrogen-bond donors (Lipinski definition) is 3. The summed E-state index contributed by atoms with van der Waals surface area (Å²) in [6.07, 6.45) is -0.725. The number of aliphatic hydroxyl groups excluding tert-OH is 1. The van der Waals surface area contributed by atoms with E-state index in [9.17, 15) is 24.2 Å². The van der Waals surface area contributed by atoms with E-state index < -0.39 is 43.8 Å². The van der Waals surface area contributed by atoms with Crippen molar-refractivity contribution in [1.29, 1.82) is 0 Å². The molecule has 5 atom stereocenters. The van der Waals surface area contributed by atoms with Gasteiger partial charge < -0.3 is 19.5 Å². The standard InChI is InChI=1S/C15H23N2O8P/c1-9-6-10(15(20)16-14(9)19)12-7-11(18)13(25-12)8-24-26(21,22)17-2-4-23-5-3-17/h6,10-13,18H,2-5,7-8H2,1H3,(H,21,22)(H,16,19,20)/t10?,11?,12-,13+/m0/s1. The van der Waals surface area contributed by atoms with Crippen LogP contribution in [0.25, 0.3) is 0 Å². The number of carbonyl (C=O) groups excluding carboxylic acids is 2. The zero-order chi connectivity index (χ0) is 18.9. The number of aliphatic hydroxyl groups is 1. The minimum atomic E-state index is -4.00. The molecule has 3 N–H and O–H groups in total. The lowest BCUT2D eigenvalue weighted by Crippen LogP contribution is -2.44. The molecule has 0 radical (unpaired) electrons. The van der Waals surface area contributed by atoms with E-state index in [2.05, 4.69) is 5.32 Å². The second-order valence-corrected chi connectivity index (χ2v) is 8.37. The molecule has 0 aliphatic carbocycles. The van der Waals surface area contributed by atoms with Gasteiger partial charge in [0.25, 0.3) is 5.91 Å². The topological polar surface area (TPSA) is 135 Å². The van der Waals surface area contributed by atoms with Crippen LogP contribution in [0.2, 0.25) is 0 Å². The van der Waals surface area contributed by atoms with E-state index in [1.165, 1.54) is 10.7 Å². The van der Waals surface area contributed by atoms with E-state index in [1.807, 2.05) is 0 Å². The highest BCUT2D eigenvalue weighted by Gasteiger charge is 2.43. The molecule has 2 fully saturated rings. The summed E-state index contributed by atoms with van der Waals surface area (Å²) in [5.74, 6) is -1.63. The lowest BCUT2D eigenvalue weighted by molar-refractivity contribution is -0.134. The average molecular weight is 390 g/mol. The van der Waals surface area contributed by atoms with Gasteiger partial charge in [0.1, 0.15) is 6.10 Å². The molecule has 11 heteroatoms. The number of nitrogens with zero attached hydrogens (tertiary/aromatic N) is 1. The molecule has 3 unspecified atom stereocenters. The monoisotopic (exact) mass is 390 g/mol. The van der Waals surface area contributed by atoms with Gasteiger partial charge in [-0.15, -0.1) is 0 Å². The predicted octanol–water partition coefficient (Wildman–Crippen LogP) is -0.827. The first-order chi connectivity index (χ1) is 12.3. The minimum Gasteiger partial charge on any atom is -0.390 e. The molecular weight excluding hydrogens is 367 g/mol. The molecule has 0 aromatic heterocycles. The Morgan fingerprint density at radius 3 is 2.77 bits per heavy atom. The Morgan fingerprint density at radius 2 is 2.08 bits per heavy atom. The quantitative estimate of drug-likeness (QED) is 0.406. The summed E-state index contributed by atoms with van der Waals surface area (Å²) in [5.41, 5.74) is 0.402. The Hall–Kier alpha value is -1.13. The van der Waals surface area contributed by atoms with Crippen molar-refractivity contribution < 1.29 is 38.2 Å². The first-order valence-corrected chi connectivity index (χ1v) is 9.98. The summed E-state index contributed by atoms with van der Waals surface area (Å²) in [5, 5.41) is 12.4. The second kappa shape index (κ2) is 7.85. The highest BCUT2D eigenvalue weighted by atomic mass is 31.2. The van der Waals surface area contributed by atoms with Crippen molar-refractivity contribution in [3.63, 3.8) is 0 Å². The first-order valence-electron chi connectivity index (χ1n) is 8.45. The van der Waals surface area contributed by atoms with Crippen molar-refractivity contribution in [3.8, 4) is 0 Å². The van der Waals surface area contributed by atoms with Crippen LogP contribution in [-0.4, -0.2) is 77.7 Å². The molecule has 0 saturated carbocycles. The van der Waals surface area contributed by atoms with Gasteiger partial charge in [0, 0.05) is 25.1 Å². The molecule has 3 aliphatic rings. The van der Waals surface area contributed by atoms with Crippen molar-refractivity contribution in [2.24, 2.45) is 5.92 Å². The molecule has 146 valence electrons. The van der Waals surface area contributed by atoms with Crippen LogP contribution in [0.3, 0.4) is 0 Å². The third-order valence-electron chi connectivity index (χ3n) is 4.73. The van der Waals surface area contributed by atoms with Gasteiger partial charge in [-0.05, 0) is 6.92 Å². The van der Waals surface area contributed by atoms with Crippen LogP contribution < -0.4 is 5.32 Å². The lowest BCUT2D eigenvalue weighted by atomic mass is 9.93. The zero-order valence-electron chi connectivity index (χ0n) is 14.4. The number of ether oxygens (including phenoxy) is 2. The number of rotatable bonds is 5. The minimum absolute atomic E-state index is 0.164. The van der Waals surface area contributed by atoms with E-state index in [-0.39, 0.29) is 26.1 Å². The summed E-state index contributed by atoms with van der Waals surface area (Å²) in [6, 6.07) is 0. The molecular formula is C15H23N2O8P. The largest absolute Gasteiger partial charge is 0.405 e. The summed E-state index contributed by atoms with van der Waals surface area (Å²) in [7, 11) is -4.00. The molecule has 3 heterocycles. The number of imide groups is 1. The molecule has 26 heavy (non-hydrogen) atoms. The molecule has 3 aliphatic heterocycles. The summed E-state index contributed by atoms with van der Waals surface area (Å²) < 4.78 is 29.6. The van der Waals surface area contributed by atoms with E-state index in [1.54, 1.807) is 6.92 Å². The third kappa shape index (κ3) is 4.23. The van der Waals surface area contributed by atoms with Crippen LogP contribution in [0.4, 0.5) is 0 Å². The number of hydrogen-bond acceptors (Lipinski definition) is 7. The van der Waals surface area contributed by atoms with Crippen LogP contribution in [0.15, 0.2) is 11.6 Å². The highest BCUT2D eigenvalue weighted by Crippen LogP contribution is 2.47. The third-order valence-corrected chi connectivity index (χ3v) is 6.33. The van der Waals surface area contributed by atoms with Crippen molar-refractivity contribution in [2.75, 3.05) is 32.9 Å². The molecule has 10 nitrogen and oxygen atoms in total. The highest BCUT2D eigenvalue weighted by molar-refractivity contribution is 7.50. The summed E-state index contributed by atoms with van der Waals surface area (Å²) >= 11 is 0. The van der Waals surface area contributed by atoms with E-state index in [0.717, 1.165) is 0 Å². The molecule has 0 aromatic rings. The van der Waals surface area contributed by atoms with Crippen LogP contribution in [0.5, 0.6) is 0 Å². The first kappa shape index (κ1) is 19.6. The predicted molar refractivity (Wildman–Crippen MR) is 87.9 cm³/mol. The van der Waals surface area contributed by atoms with Gasteiger partial charge in [0.05, 0.1) is 37.9 Å². The SMILES string of the molecule is CC1=CC([C@@H]2CC(O)[C@@H](COP(=O)(O)N3CCOCC3)O2)C(=O)NC1=O. The average Bonchev–Trinajstić information content (AvgIpc) is 2.98. The number of morpholine rings is 1. The Balaban J connectivity index is 1.58. The molecule has 0 spiro atoms. The smallest absolute Gasteiger partial charge is 0.390 e. The Morgan fingerprint density at radius 1 is 1.38 bits per heavy atom. The lowest BCUT2D eigenvalue weighted by Gasteiger charge is -2.30. The fourth-order valence-electron chi connectivity index (χ4n) is 3.19. The fraction of sp³-hybridized carbons (Fsp3) is 0.733. The molecule has 0 aromatic carbocycles. The Kier molecular flexibility index (Phi) is 5.93. The number of nitrogens with one attached hydrogen (secondary N) is 1. The van der Waals surface area contributed by atoms with Crippen molar-refractivity contribution in [2.45, 2.75) is 31.7 Å². The zero-order valence-corrected chi connectivity index (χ0v) is 15.3. The maximum absolute atomic E-state index is 12.3. The van der Waals surface area contributed by atoms with Crippen molar-refractivity contribution in [1.82, 2.24) is 9.99 Å². The summed E-state index contributed by atoms with van der Waals surface area (Å²) in [4.78, 5) is 33.5. The maximum atomic E-state index is 12.3. The second-order valence-electron chi connectivity index (χ2n) is 6.56. The number of carbonyl (C=O) groups is 2. The van der Waals surface area contributed by atoms with Gasteiger partial charge in [-0.3, -0.25) is 19.4 Å². The van der Waals surface area contributed by atoms with Crippen LogP contribution in [0.1, 0.15) is 13.3 Å². The van der Waals surface area contributed by atoms with Crippen LogP contribution >= 0.6 is 7.75 Å². The van der Waals surface area contributed by atoms with Gasteiger partial charge in [-0.2, -0.15) is 0 Å². The van der Waals surface area contributed by atoms with E-state index in [0.29, 0.717) is 18.8 Å².